The fraction of sp³-hybridized carbons (Fsp3) is 0.0455. The third-order valence-corrected chi connectivity index (χ3v) is 4.50. The number of carbonyl (C=O) groups excluding carboxylic acids is 1. The molecule has 29 heavy (non-hydrogen) atoms. The Labute approximate surface area is 176 Å². The predicted molar refractivity (Wildman–Crippen MR) is 113 cm³/mol. The Bertz CT molecular complexity index is 1010. The van der Waals surface area contributed by atoms with Crippen molar-refractivity contribution in [3.63, 3.8) is 0 Å². The third kappa shape index (κ3) is 6.02. The molecule has 6 nitrogen and oxygen atoms in total. The number of carboxylic acid groups (broad SMARTS) is 1. The first kappa shape index (κ1) is 20.3. The smallest absolute Gasteiger partial charge is 0.335 e. The number of rotatable bonds is 7. The van der Waals surface area contributed by atoms with E-state index in [1.165, 1.54) is 18.3 Å². The Hall–Kier alpha value is -3.45. The molecule has 0 fully saturated rings. The second-order valence-electron chi connectivity index (χ2n) is 6.07. The number of hydrazone groups is 1. The number of benzene rings is 3. The number of ether oxygens (including phenoxy) is 1. The van der Waals surface area contributed by atoms with Crippen molar-refractivity contribution in [2.24, 2.45) is 5.10 Å². The van der Waals surface area contributed by atoms with E-state index in [4.69, 9.17) is 9.84 Å². The first-order valence-electron chi connectivity index (χ1n) is 8.65. The first-order chi connectivity index (χ1) is 14.0. The number of amides is 1. The van der Waals surface area contributed by atoms with Crippen molar-refractivity contribution in [1.82, 2.24) is 5.43 Å². The van der Waals surface area contributed by atoms with Crippen LogP contribution in [-0.2, 0) is 6.61 Å². The molecule has 0 spiro atoms. The fourth-order valence-electron chi connectivity index (χ4n) is 2.39. The van der Waals surface area contributed by atoms with E-state index in [2.05, 4.69) is 26.5 Å². The van der Waals surface area contributed by atoms with Crippen molar-refractivity contribution >= 4 is 34.0 Å². The van der Waals surface area contributed by atoms with Crippen molar-refractivity contribution in [3.05, 3.63) is 99.5 Å². The Balaban J connectivity index is 1.51. The van der Waals surface area contributed by atoms with Crippen molar-refractivity contribution in [2.75, 3.05) is 0 Å². The van der Waals surface area contributed by atoms with Gasteiger partial charge in [-0.15, -0.1) is 0 Å². The molecule has 0 atom stereocenters. The van der Waals surface area contributed by atoms with Crippen molar-refractivity contribution in [1.29, 1.82) is 0 Å². The van der Waals surface area contributed by atoms with Crippen LogP contribution in [0.25, 0.3) is 0 Å². The van der Waals surface area contributed by atoms with Crippen LogP contribution in [0.5, 0.6) is 5.75 Å². The van der Waals surface area contributed by atoms with E-state index in [0.717, 1.165) is 10.0 Å². The van der Waals surface area contributed by atoms with Gasteiger partial charge in [0, 0.05) is 10.0 Å². The quantitative estimate of drug-likeness (QED) is 0.408. The Morgan fingerprint density at radius 3 is 2.17 bits per heavy atom. The van der Waals surface area contributed by atoms with Crippen molar-refractivity contribution < 1.29 is 19.4 Å². The van der Waals surface area contributed by atoms with Crippen LogP contribution in [0.15, 0.2) is 82.4 Å². The Morgan fingerprint density at radius 2 is 1.55 bits per heavy atom. The van der Waals surface area contributed by atoms with Crippen LogP contribution in [0, 0.1) is 0 Å². The summed E-state index contributed by atoms with van der Waals surface area (Å²) in [4.78, 5) is 23.0. The minimum atomic E-state index is -0.994. The van der Waals surface area contributed by atoms with E-state index < -0.39 is 5.97 Å². The zero-order valence-corrected chi connectivity index (χ0v) is 16.8. The first-order valence-corrected chi connectivity index (χ1v) is 9.44. The summed E-state index contributed by atoms with van der Waals surface area (Å²) in [6, 6.07) is 20.8. The Kier molecular flexibility index (Phi) is 6.76. The number of carboxylic acids is 1. The summed E-state index contributed by atoms with van der Waals surface area (Å²) in [5, 5.41) is 12.8. The highest BCUT2D eigenvalue weighted by molar-refractivity contribution is 9.10. The molecule has 7 heteroatoms. The zero-order valence-electron chi connectivity index (χ0n) is 15.2. The lowest BCUT2D eigenvalue weighted by atomic mass is 10.1. The Morgan fingerprint density at radius 1 is 0.931 bits per heavy atom. The lowest BCUT2D eigenvalue weighted by Crippen LogP contribution is -2.17. The van der Waals surface area contributed by atoms with Gasteiger partial charge in [0.05, 0.1) is 11.8 Å². The average molecular weight is 453 g/mol. The van der Waals surface area contributed by atoms with Gasteiger partial charge in [-0.05, 0) is 59.7 Å². The summed E-state index contributed by atoms with van der Waals surface area (Å²) in [5.41, 5.74) is 4.78. The van der Waals surface area contributed by atoms with Gasteiger partial charge in [-0.25, -0.2) is 10.2 Å². The van der Waals surface area contributed by atoms with E-state index in [1.54, 1.807) is 36.4 Å². The molecule has 0 unspecified atom stereocenters. The third-order valence-electron chi connectivity index (χ3n) is 3.97. The SMILES string of the molecule is O=C(O)c1ccc(/C=N/NC(=O)c2ccc(OCc3ccc(Br)cc3)cc2)cc1. The molecular formula is C22H17BrN2O4. The highest BCUT2D eigenvalue weighted by atomic mass is 79.9. The molecule has 0 heterocycles. The normalized spacial score (nSPS) is 10.7. The van der Waals surface area contributed by atoms with Crippen LogP contribution in [-0.4, -0.2) is 23.2 Å². The van der Waals surface area contributed by atoms with E-state index in [0.29, 0.717) is 23.5 Å². The number of aromatic carboxylic acids is 1. The molecule has 3 aromatic rings. The molecule has 0 radical (unpaired) electrons. The van der Waals surface area contributed by atoms with Crippen LogP contribution in [0.3, 0.4) is 0 Å². The topological polar surface area (TPSA) is 88.0 Å². The minimum Gasteiger partial charge on any atom is -0.489 e. The molecule has 0 aliphatic carbocycles. The molecule has 0 saturated carbocycles. The number of hydrogen-bond donors (Lipinski definition) is 2. The van der Waals surface area contributed by atoms with Crippen LogP contribution in [0.1, 0.15) is 31.8 Å². The molecule has 146 valence electrons. The number of hydrogen-bond acceptors (Lipinski definition) is 4. The number of nitrogens with one attached hydrogen (secondary N) is 1. The highest BCUT2D eigenvalue weighted by Gasteiger charge is 2.05. The maximum Gasteiger partial charge on any atom is 0.335 e. The van der Waals surface area contributed by atoms with E-state index in [9.17, 15) is 9.59 Å². The molecular weight excluding hydrogens is 436 g/mol. The summed E-state index contributed by atoms with van der Waals surface area (Å²) in [6.45, 7) is 0.434. The highest BCUT2D eigenvalue weighted by Crippen LogP contribution is 2.16. The predicted octanol–water partition coefficient (Wildman–Crippen LogP) is 4.49. The largest absolute Gasteiger partial charge is 0.489 e. The molecule has 2 N–H and O–H groups in total. The zero-order chi connectivity index (χ0) is 20.6. The van der Waals surface area contributed by atoms with Crippen molar-refractivity contribution in [3.8, 4) is 5.75 Å². The lowest BCUT2D eigenvalue weighted by molar-refractivity contribution is 0.0696. The minimum absolute atomic E-state index is 0.189. The fourth-order valence-corrected chi connectivity index (χ4v) is 2.66. The van der Waals surface area contributed by atoms with Gasteiger partial charge < -0.3 is 9.84 Å². The summed E-state index contributed by atoms with van der Waals surface area (Å²) in [6.07, 6.45) is 1.44. The molecule has 0 saturated heterocycles. The monoisotopic (exact) mass is 452 g/mol. The summed E-state index contributed by atoms with van der Waals surface area (Å²) >= 11 is 3.39. The van der Waals surface area contributed by atoms with Gasteiger partial charge >= 0.3 is 5.97 Å². The molecule has 0 aliphatic heterocycles. The summed E-state index contributed by atoms with van der Waals surface area (Å²) < 4.78 is 6.72. The van der Waals surface area contributed by atoms with Crippen molar-refractivity contribution in [2.45, 2.75) is 6.61 Å². The maximum absolute atomic E-state index is 12.2. The molecule has 0 aromatic heterocycles. The van der Waals surface area contributed by atoms with Gasteiger partial charge in [-0.2, -0.15) is 5.10 Å². The van der Waals surface area contributed by atoms with Crippen LogP contribution in [0.2, 0.25) is 0 Å². The maximum atomic E-state index is 12.2. The standard InChI is InChI=1S/C22H17BrN2O4/c23-19-9-3-16(4-10-19)14-29-20-11-7-17(8-12-20)21(26)25-24-13-15-1-5-18(6-2-15)22(27)28/h1-13H,14H2,(H,25,26)(H,27,28)/b24-13+. The molecule has 0 bridgehead atoms. The van der Waals surface area contributed by atoms with E-state index in [1.807, 2.05) is 24.3 Å². The van der Waals surface area contributed by atoms with E-state index in [-0.39, 0.29) is 11.5 Å². The van der Waals surface area contributed by atoms with E-state index >= 15 is 0 Å². The molecule has 1 amide bonds. The number of carbonyl (C=O) groups is 2. The number of halogens is 1. The van der Waals surface area contributed by atoms with Crippen LogP contribution in [0.4, 0.5) is 0 Å². The van der Waals surface area contributed by atoms with Gasteiger partial charge in [0.15, 0.2) is 0 Å². The number of nitrogens with zero attached hydrogens (tertiary/aromatic N) is 1. The molecule has 3 rings (SSSR count). The molecule has 3 aromatic carbocycles. The van der Waals surface area contributed by atoms with Gasteiger partial charge in [-0.1, -0.05) is 40.2 Å². The van der Waals surface area contributed by atoms with Gasteiger partial charge in [0.25, 0.3) is 5.91 Å². The van der Waals surface area contributed by atoms with Gasteiger partial charge in [-0.3, -0.25) is 4.79 Å². The van der Waals surface area contributed by atoms with Crippen LogP contribution < -0.4 is 10.2 Å². The van der Waals surface area contributed by atoms with Gasteiger partial charge in [0.1, 0.15) is 12.4 Å². The second-order valence-corrected chi connectivity index (χ2v) is 6.98. The van der Waals surface area contributed by atoms with Gasteiger partial charge in [0.2, 0.25) is 0 Å². The molecule has 0 aliphatic rings. The lowest BCUT2D eigenvalue weighted by Gasteiger charge is -2.07. The van der Waals surface area contributed by atoms with Crippen LogP contribution >= 0.6 is 15.9 Å². The second kappa shape index (κ2) is 9.66. The summed E-state index contributed by atoms with van der Waals surface area (Å²) in [5.74, 6) is -0.694. The average Bonchev–Trinajstić information content (AvgIpc) is 2.74. The summed E-state index contributed by atoms with van der Waals surface area (Å²) in [7, 11) is 0.